The highest BCUT2D eigenvalue weighted by Gasteiger charge is 2.03. The summed E-state index contributed by atoms with van der Waals surface area (Å²) in [6.45, 7) is 1.94. The van der Waals surface area contributed by atoms with Crippen LogP contribution in [-0.2, 0) is 16.2 Å². The largest absolute Gasteiger partial charge is 0.353 e. The van der Waals surface area contributed by atoms with Crippen LogP contribution >= 0.6 is 0 Å². The van der Waals surface area contributed by atoms with E-state index in [0.29, 0.717) is 0 Å². The quantitative estimate of drug-likeness (QED) is 0.674. The van der Waals surface area contributed by atoms with E-state index < -0.39 is 5.97 Å². The lowest BCUT2D eigenvalue weighted by Gasteiger charge is -1.97. The Hall–Kier alpha value is -1.38. The van der Waals surface area contributed by atoms with Gasteiger partial charge in [0.2, 0.25) is 0 Å². The first-order valence-corrected chi connectivity index (χ1v) is 3.59. The molecule has 0 radical (unpaired) electrons. The molecule has 0 bridgehead atoms. The third-order valence-electron chi connectivity index (χ3n) is 1.56. The average Bonchev–Trinajstić information content (AvgIpc) is 2.09. The van der Waals surface area contributed by atoms with Crippen molar-refractivity contribution in [1.82, 2.24) is 0 Å². The molecule has 3 heteroatoms. The molecular weight excluding hydrogens is 159 g/mol. The zero-order valence-corrected chi connectivity index (χ0v) is 6.71. The smallest absolute Gasteiger partial charge is 0.255 e. The molecule has 1 aromatic carbocycles. The number of carbonyl (C=O) groups excluding carboxylic acids is 1. The van der Waals surface area contributed by atoms with Crippen LogP contribution in [0.2, 0.25) is 0 Å². The Bertz CT molecular complexity index is 266. The minimum atomic E-state index is -0.862. The standard InChI is InChI=1S/C9H9FO2/c1-7-2-4-8(5-3-7)6-9(11)12-10/h2-5H,6H2,1H3. The second-order valence-electron chi connectivity index (χ2n) is 2.61. The van der Waals surface area contributed by atoms with Gasteiger partial charge in [-0.3, -0.25) is 4.94 Å². The van der Waals surface area contributed by atoms with E-state index in [1.54, 1.807) is 12.1 Å². The van der Waals surface area contributed by atoms with Gasteiger partial charge in [-0.05, 0) is 12.5 Å². The fourth-order valence-electron chi connectivity index (χ4n) is 0.900. The van der Waals surface area contributed by atoms with Crippen molar-refractivity contribution in [3.63, 3.8) is 0 Å². The van der Waals surface area contributed by atoms with Gasteiger partial charge in [-0.25, -0.2) is 4.79 Å². The molecule has 0 aliphatic heterocycles. The summed E-state index contributed by atoms with van der Waals surface area (Å²) in [5.41, 5.74) is 1.86. The van der Waals surface area contributed by atoms with Gasteiger partial charge in [0, 0.05) is 4.53 Å². The van der Waals surface area contributed by atoms with E-state index in [9.17, 15) is 9.32 Å². The van der Waals surface area contributed by atoms with Crippen molar-refractivity contribution >= 4 is 5.97 Å². The van der Waals surface area contributed by atoms with Gasteiger partial charge in [0.1, 0.15) is 0 Å². The van der Waals surface area contributed by atoms with Crippen molar-refractivity contribution in [2.75, 3.05) is 0 Å². The molecule has 0 unspecified atom stereocenters. The zero-order valence-electron chi connectivity index (χ0n) is 6.71. The molecule has 0 aromatic heterocycles. The van der Waals surface area contributed by atoms with Gasteiger partial charge < -0.3 is 0 Å². The van der Waals surface area contributed by atoms with Gasteiger partial charge >= 0.3 is 5.97 Å². The maximum atomic E-state index is 11.3. The first kappa shape index (κ1) is 8.71. The first-order valence-electron chi connectivity index (χ1n) is 3.59. The zero-order chi connectivity index (χ0) is 8.97. The molecule has 1 aromatic rings. The Kier molecular flexibility index (Phi) is 2.80. The lowest BCUT2D eigenvalue weighted by atomic mass is 10.1. The fraction of sp³-hybridized carbons (Fsp3) is 0.222. The molecule has 0 aliphatic rings. The van der Waals surface area contributed by atoms with Crippen LogP contribution in [0, 0.1) is 6.92 Å². The third-order valence-corrected chi connectivity index (χ3v) is 1.56. The Morgan fingerprint density at radius 3 is 2.50 bits per heavy atom. The number of aryl methyl sites for hydroxylation is 1. The topological polar surface area (TPSA) is 26.3 Å². The minimum absolute atomic E-state index is 0.0171. The predicted molar refractivity (Wildman–Crippen MR) is 42.1 cm³/mol. The van der Waals surface area contributed by atoms with Crippen molar-refractivity contribution in [3.8, 4) is 0 Å². The van der Waals surface area contributed by atoms with Crippen LogP contribution in [0.3, 0.4) is 0 Å². The van der Waals surface area contributed by atoms with Crippen LogP contribution in [0.1, 0.15) is 11.1 Å². The number of hydrogen-bond donors (Lipinski definition) is 0. The number of rotatable bonds is 2. The van der Waals surface area contributed by atoms with Crippen LogP contribution in [0.15, 0.2) is 24.3 Å². The molecule has 1 rings (SSSR count). The number of carbonyl (C=O) groups is 1. The highest BCUT2D eigenvalue weighted by molar-refractivity contribution is 5.71. The van der Waals surface area contributed by atoms with Crippen molar-refractivity contribution in [2.24, 2.45) is 0 Å². The summed E-state index contributed by atoms with van der Waals surface area (Å²) < 4.78 is 11.3. The van der Waals surface area contributed by atoms with Gasteiger partial charge in [0.05, 0.1) is 6.42 Å². The highest BCUT2D eigenvalue weighted by atomic mass is 19.3. The summed E-state index contributed by atoms with van der Waals surface area (Å²) in [4.78, 5) is 13.5. The molecule has 0 saturated heterocycles. The molecule has 0 saturated carbocycles. The van der Waals surface area contributed by atoms with Crippen LogP contribution in [0.5, 0.6) is 0 Å². The van der Waals surface area contributed by atoms with E-state index in [2.05, 4.69) is 4.94 Å². The van der Waals surface area contributed by atoms with Crippen LogP contribution in [0.25, 0.3) is 0 Å². The second-order valence-corrected chi connectivity index (χ2v) is 2.61. The van der Waals surface area contributed by atoms with E-state index >= 15 is 0 Å². The number of hydrogen-bond acceptors (Lipinski definition) is 2. The van der Waals surface area contributed by atoms with Crippen molar-refractivity contribution in [1.29, 1.82) is 0 Å². The predicted octanol–water partition coefficient (Wildman–Crippen LogP) is 1.97. The molecule has 0 atom stereocenters. The fourth-order valence-corrected chi connectivity index (χ4v) is 0.900. The summed E-state index contributed by atoms with van der Waals surface area (Å²) in [7, 11) is 0. The molecule has 2 nitrogen and oxygen atoms in total. The summed E-state index contributed by atoms with van der Waals surface area (Å²) in [5, 5.41) is 0. The molecule has 0 amide bonds. The van der Waals surface area contributed by atoms with Crippen LogP contribution in [-0.4, -0.2) is 5.97 Å². The summed E-state index contributed by atoms with van der Waals surface area (Å²) in [5.74, 6) is -0.862. The molecule has 0 aliphatic carbocycles. The SMILES string of the molecule is Cc1ccc(CC(=O)OF)cc1. The molecular formula is C9H9FO2. The number of halogens is 1. The maximum absolute atomic E-state index is 11.3. The Labute approximate surface area is 69.9 Å². The van der Waals surface area contributed by atoms with E-state index in [-0.39, 0.29) is 6.42 Å². The first-order chi connectivity index (χ1) is 5.72. The van der Waals surface area contributed by atoms with Gasteiger partial charge in [-0.1, -0.05) is 29.8 Å². The summed E-state index contributed by atoms with van der Waals surface area (Å²) >= 11 is 0. The van der Waals surface area contributed by atoms with Gasteiger partial charge in [-0.2, -0.15) is 0 Å². The molecule has 0 heterocycles. The van der Waals surface area contributed by atoms with E-state index in [0.717, 1.165) is 11.1 Å². The van der Waals surface area contributed by atoms with Crippen LogP contribution in [0.4, 0.5) is 4.53 Å². The van der Waals surface area contributed by atoms with Gasteiger partial charge in [0.25, 0.3) is 0 Å². The molecule has 64 valence electrons. The van der Waals surface area contributed by atoms with Crippen molar-refractivity contribution in [2.45, 2.75) is 13.3 Å². The minimum Gasteiger partial charge on any atom is -0.255 e. The van der Waals surface area contributed by atoms with Crippen molar-refractivity contribution in [3.05, 3.63) is 35.4 Å². The molecule has 12 heavy (non-hydrogen) atoms. The Morgan fingerprint density at radius 1 is 1.42 bits per heavy atom. The Balaban J connectivity index is 2.64. The normalized spacial score (nSPS) is 9.50. The van der Waals surface area contributed by atoms with E-state index in [4.69, 9.17) is 0 Å². The highest BCUT2D eigenvalue weighted by Crippen LogP contribution is 2.04. The lowest BCUT2D eigenvalue weighted by molar-refractivity contribution is -0.182. The molecule has 0 N–H and O–H groups in total. The molecule has 0 spiro atoms. The van der Waals surface area contributed by atoms with Crippen molar-refractivity contribution < 1.29 is 14.3 Å². The van der Waals surface area contributed by atoms with E-state index in [1.807, 2.05) is 19.1 Å². The maximum Gasteiger partial charge on any atom is 0.353 e. The third kappa shape index (κ3) is 2.34. The summed E-state index contributed by atoms with van der Waals surface area (Å²) in [6.07, 6.45) is -0.0171. The second kappa shape index (κ2) is 3.85. The average molecular weight is 168 g/mol. The van der Waals surface area contributed by atoms with Gasteiger partial charge in [-0.15, -0.1) is 0 Å². The monoisotopic (exact) mass is 168 g/mol. The summed E-state index contributed by atoms with van der Waals surface area (Å²) in [6, 6.07) is 7.26. The number of benzene rings is 1. The lowest BCUT2D eigenvalue weighted by Crippen LogP contribution is -2.01. The van der Waals surface area contributed by atoms with Gasteiger partial charge in [0.15, 0.2) is 0 Å². The van der Waals surface area contributed by atoms with E-state index in [1.165, 1.54) is 0 Å². The van der Waals surface area contributed by atoms with Crippen LogP contribution < -0.4 is 0 Å². The Morgan fingerprint density at radius 2 is 2.00 bits per heavy atom. The molecule has 0 fully saturated rings.